The number of cyclic esters (lactones) is 1. The minimum atomic E-state index is -0.0582. The van der Waals surface area contributed by atoms with Crippen LogP contribution in [-0.4, -0.2) is 5.97 Å². The zero-order chi connectivity index (χ0) is 9.68. The molecule has 0 radical (unpaired) electrons. The van der Waals surface area contributed by atoms with Crippen molar-refractivity contribution in [1.82, 2.24) is 0 Å². The number of hydrogen-bond donors (Lipinski definition) is 0. The van der Waals surface area contributed by atoms with Gasteiger partial charge in [-0.1, -0.05) is 19.8 Å². The van der Waals surface area contributed by atoms with Crippen LogP contribution in [0.15, 0.2) is 11.3 Å². The second-order valence-electron chi connectivity index (χ2n) is 3.63. The smallest absolute Gasteiger partial charge is 0.311 e. The lowest BCUT2D eigenvalue weighted by molar-refractivity contribution is -0.140. The highest BCUT2D eigenvalue weighted by Gasteiger charge is 2.16. The summed E-state index contributed by atoms with van der Waals surface area (Å²) >= 11 is 0. The molecule has 1 aliphatic heterocycles. The molecule has 1 rings (SSSR count). The number of hydrogen-bond acceptors (Lipinski definition) is 2. The number of ether oxygens (including phenoxy) is 1. The maximum absolute atomic E-state index is 11.0. The zero-order valence-electron chi connectivity index (χ0n) is 8.56. The van der Waals surface area contributed by atoms with Crippen molar-refractivity contribution >= 4 is 5.97 Å². The molecule has 0 bridgehead atoms. The molecular formula is C11H18O2. The average molecular weight is 182 g/mol. The second kappa shape index (κ2) is 5.05. The van der Waals surface area contributed by atoms with Gasteiger partial charge in [-0.25, -0.2) is 0 Å². The first-order valence-electron chi connectivity index (χ1n) is 5.13. The molecule has 0 aliphatic carbocycles. The van der Waals surface area contributed by atoms with E-state index in [1.54, 1.807) is 0 Å². The SMILES string of the molecule is CCCCCC1=C(C)CCC(=O)O1. The Morgan fingerprint density at radius 3 is 2.77 bits per heavy atom. The number of carbonyl (C=O) groups excluding carboxylic acids is 1. The molecule has 1 aliphatic rings. The molecule has 0 saturated heterocycles. The van der Waals surface area contributed by atoms with E-state index >= 15 is 0 Å². The summed E-state index contributed by atoms with van der Waals surface area (Å²) in [5.41, 5.74) is 1.26. The van der Waals surface area contributed by atoms with Gasteiger partial charge in [0, 0.05) is 12.8 Å². The molecule has 0 atom stereocenters. The second-order valence-corrected chi connectivity index (χ2v) is 3.63. The lowest BCUT2D eigenvalue weighted by atomic mass is 10.0. The van der Waals surface area contributed by atoms with E-state index < -0.39 is 0 Å². The van der Waals surface area contributed by atoms with E-state index in [0.29, 0.717) is 6.42 Å². The van der Waals surface area contributed by atoms with E-state index in [0.717, 1.165) is 25.0 Å². The first-order valence-corrected chi connectivity index (χ1v) is 5.13. The summed E-state index contributed by atoms with van der Waals surface area (Å²) in [4.78, 5) is 11.0. The van der Waals surface area contributed by atoms with E-state index in [9.17, 15) is 4.79 Å². The number of carbonyl (C=O) groups is 1. The number of unbranched alkanes of at least 4 members (excludes halogenated alkanes) is 2. The Labute approximate surface area is 80.0 Å². The molecular weight excluding hydrogens is 164 g/mol. The minimum Gasteiger partial charge on any atom is -0.431 e. The predicted octanol–water partition coefficient (Wildman–Crippen LogP) is 3.18. The number of allylic oxidation sites excluding steroid dienone is 2. The van der Waals surface area contributed by atoms with Crippen LogP contribution in [-0.2, 0) is 9.53 Å². The largest absolute Gasteiger partial charge is 0.431 e. The molecule has 0 N–H and O–H groups in total. The number of esters is 1. The molecule has 74 valence electrons. The van der Waals surface area contributed by atoms with Crippen LogP contribution in [0.25, 0.3) is 0 Å². The molecule has 0 aromatic carbocycles. The van der Waals surface area contributed by atoms with Crippen LogP contribution >= 0.6 is 0 Å². The van der Waals surface area contributed by atoms with E-state index in [4.69, 9.17) is 4.74 Å². The van der Waals surface area contributed by atoms with Gasteiger partial charge in [0.1, 0.15) is 5.76 Å². The summed E-state index contributed by atoms with van der Waals surface area (Å²) < 4.78 is 5.19. The maximum atomic E-state index is 11.0. The number of rotatable bonds is 4. The van der Waals surface area contributed by atoms with Crippen LogP contribution in [0.3, 0.4) is 0 Å². The molecule has 0 unspecified atom stereocenters. The van der Waals surface area contributed by atoms with Gasteiger partial charge in [-0.2, -0.15) is 0 Å². The Hall–Kier alpha value is -0.790. The summed E-state index contributed by atoms with van der Waals surface area (Å²) in [6.07, 6.45) is 5.94. The van der Waals surface area contributed by atoms with Crippen molar-refractivity contribution in [2.24, 2.45) is 0 Å². The van der Waals surface area contributed by atoms with Gasteiger partial charge < -0.3 is 4.74 Å². The summed E-state index contributed by atoms with van der Waals surface area (Å²) in [5, 5.41) is 0. The average Bonchev–Trinajstić information content (AvgIpc) is 2.11. The Morgan fingerprint density at radius 1 is 1.31 bits per heavy atom. The Balaban J connectivity index is 2.41. The van der Waals surface area contributed by atoms with Crippen LogP contribution in [0.5, 0.6) is 0 Å². The van der Waals surface area contributed by atoms with Crippen LogP contribution < -0.4 is 0 Å². The van der Waals surface area contributed by atoms with E-state index in [1.165, 1.54) is 18.4 Å². The molecule has 0 fully saturated rings. The highest BCUT2D eigenvalue weighted by Crippen LogP contribution is 2.23. The van der Waals surface area contributed by atoms with Crippen molar-refractivity contribution in [2.45, 2.75) is 52.4 Å². The standard InChI is InChI=1S/C11H18O2/c1-3-4-5-6-10-9(2)7-8-11(12)13-10/h3-8H2,1-2H3. The van der Waals surface area contributed by atoms with Gasteiger partial charge in [0.15, 0.2) is 0 Å². The molecule has 2 heteroatoms. The van der Waals surface area contributed by atoms with Gasteiger partial charge in [0.05, 0.1) is 0 Å². The molecule has 0 saturated carbocycles. The zero-order valence-corrected chi connectivity index (χ0v) is 8.56. The minimum absolute atomic E-state index is 0.0582. The third-order valence-electron chi connectivity index (χ3n) is 2.42. The normalized spacial score (nSPS) is 17.5. The third-order valence-corrected chi connectivity index (χ3v) is 2.42. The molecule has 0 aromatic rings. The lowest BCUT2D eigenvalue weighted by Crippen LogP contribution is -2.11. The summed E-state index contributed by atoms with van der Waals surface area (Å²) in [6.45, 7) is 4.24. The monoisotopic (exact) mass is 182 g/mol. The van der Waals surface area contributed by atoms with Crippen LogP contribution in [0.4, 0.5) is 0 Å². The Morgan fingerprint density at radius 2 is 2.08 bits per heavy atom. The first-order chi connectivity index (χ1) is 6.24. The first kappa shape index (κ1) is 10.3. The molecule has 2 nitrogen and oxygen atoms in total. The van der Waals surface area contributed by atoms with Crippen LogP contribution in [0, 0.1) is 0 Å². The van der Waals surface area contributed by atoms with Gasteiger partial charge in [0.25, 0.3) is 0 Å². The third kappa shape index (κ3) is 3.21. The topological polar surface area (TPSA) is 26.3 Å². The maximum Gasteiger partial charge on any atom is 0.311 e. The van der Waals surface area contributed by atoms with Gasteiger partial charge in [0.2, 0.25) is 0 Å². The highest BCUT2D eigenvalue weighted by molar-refractivity contribution is 5.72. The lowest BCUT2D eigenvalue weighted by Gasteiger charge is -2.17. The van der Waals surface area contributed by atoms with Crippen LogP contribution in [0.1, 0.15) is 52.4 Å². The highest BCUT2D eigenvalue weighted by atomic mass is 16.5. The summed E-state index contributed by atoms with van der Waals surface area (Å²) in [5.74, 6) is 0.877. The molecule has 13 heavy (non-hydrogen) atoms. The summed E-state index contributed by atoms with van der Waals surface area (Å²) in [6, 6.07) is 0. The van der Waals surface area contributed by atoms with Crippen molar-refractivity contribution in [3.05, 3.63) is 11.3 Å². The van der Waals surface area contributed by atoms with Gasteiger partial charge in [-0.15, -0.1) is 0 Å². The van der Waals surface area contributed by atoms with Crippen molar-refractivity contribution in [3.63, 3.8) is 0 Å². The van der Waals surface area contributed by atoms with Crippen molar-refractivity contribution in [2.75, 3.05) is 0 Å². The molecule has 1 heterocycles. The predicted molar refractivity (Wildman–Crippen MR) is 52.2 cm³/mol. The quantitative estimate of drug-likeness (QED) is 0.493. The van der Waals surface area contributed by atoms with Gasteiger partial charge >= 0.3 is 5.97 Å². The fraction of sp³-hybridized carbons (Fsp3) is 0.727. The van der Waals surface area contributed by atoms with Crippen molar-refractivity contribution < 1.29 is 9.53 Å². The van der Waals surface area contributed by atoms with E-state index in [2.05, 4.69) is 13.8 Å². The Bertz CT molecular complexity index is 216. The molecule has 0 aromatic heterocycles. The Kier molecular flexibility index (Phi) is 4.00. The fourth-order valence-electron chi connectivity index (χ4n) is 1.50. The van der Waals surface area contributed by atoms with Crippen molar-refractivity contribution in [1.29, 1.82) is 0 Å². The summed E-state index contributed by atoms with van der Waals surface area (Å²) in [7, 11) is 0. The van der Waals surface area contributed by atoms with E-state index in [-0.39, 0.29) is 5.97 Å². The molecule has 0 spiro atoms. The van der Waals surface area contributed by atoms with Gasteiger partial charge in [-0.3, -0.25) is 4.79 Å². The van der Waals surface area contributed by atoms with Crippen molar-refractivity contribution in [3.8, 4) is 0 Å². The molecule has 0 amide bonds. The van der Waals surface area contributed by atoms with Gasteiger partial charge in [-0.05, 0) is 25.3 Å². The van der Waals surface area contributed by atoms with Crippen LogP contribution in [0.2, 0.25) is 0 Å². The fourth-order valence-corrected chi connectivity index (χ4v) is 1.50. The van der Waals surface area contributed by atoms with E-state index in [1.807, 2.05) is 0 Å².